The van der Waals surface area contributed by atoms with Gasteiger partial charge in [0.2, 0.25) is 5.82 Å². The van der Waals surface area contributed by atoms with Crippen LogP contribution in [0, 0.1) is 0 Å². The summed E-state index contributed by atoms with van der Waals surface area (Å²) in [7, 11) is 0. The van der Waals surface area contributed by atoms with Gasteiger partial charge >= 0.3 is 0 Å². The van der Waals surface area contributed by atoms with Gasteiger partial charge in [-0.25, -0.2) is 9.67 Å². The van der Waals surface area contributed by atoms with E-state index in [4.69, 9.17) is 21.9 Å². The maximum atomic E-state index is 6.42. The zero-order valence-corrected chi connectivity index (χ0v) is 16.6. The molecule has 0 saturated heterocycles. The number of para-hydroxylation sites is 1. The molecule has 3 aromatic rings. The average Bonchev–Trinajstić information content (AvgIpc) is 3.35. The van der Waals surface area contributed by atoms with Gasteiger partial charge in [0, 0.05) is 6.42 Å². The van der Waals surface area contributed by atoms with Crippen molar-refractivity contribution in [2.45, 2.75) is 51.0 Å². The van der Waals surface area contributed by atoms with Crippen LogP contribution in [0.15, 0.2) is 28.8 Å². The highest BCUT2D eigenvalue weighted by Gasteiger charge is 2.36. The molecule has 0 spiro atoms. The highest BCUT2D eigenvalue weighted by atomic mass is 35.5. The standard InChI is InChI=1S/C18H21ClN6O.ClH/c1-2-7-14-21-15(23-25(14)13-9-4-3-8-12(13)19)16-22-17(24-26-16)18(20)10-5-6-11-18;/h3-4,8-9H,2,5-7,10-11,20H2,1H3;1H. The molecule has 1 aliphatic carbocycles. The molecule has 2 N–H and O–H groups in total. The molecule has 7 nitrogen and oxygen atoms in total. The Kier molecular flexibility index (Phi) is 5.83. The first kappa shape index (κ1) is 19.8. The third-order valence-corrected chi connectivity index (χ3v) is 5.11. The molecule has 0 amide bonds. The van der Waals surface area contributed by atoms with Crippen LogP contribution in [0.1, 0.15) is 50.7 Å². The van der Waals surface area contributed by atoms with Crippen molar-refractivity contribution < 1.29 is 4.52 Å². The Morgan fingerprint density at radius 3 is 2.67 bits per heavy atom. The number of nitrogens with zero attached hydrogens (tertiary/aromatic N) is 5. The van der Waals surface area contributed by atoms with Gasteiger partial charge < -0.3 is 10.3 Å². The maximum Gasteiger partial charge on any atom is 0.297 e. The quantitative estimate of drug-likeness (QED) is 0.683. The minimum absolute atomic E-state index is 0. The smallest absolute Gasteiger partial charge is 0.297 e. The van der Waals surface area contributed by atoms with Gasteiger partial charge in [-0.15, -0.1) is 17.5 Å². The Balaban J connectivity index is 0.00000210. The second-order valence-corrected chi connectivity index (χ2v) is 7.16. The number of aromatic nitrogens is 5. The summed E-state index contributed by atoms with van der Waals surface area (Å²) in [6.07, 6.45) is 5.60. The van der Waals surface area contributed by atoms with E-state index >= 15 is 0 Å². The highest BCUT2D eigenvalue weighted by Crippen LogP contribution is 2.35. The molecule has 2 aromatic heterocycles. The molecular weight excluding hydrogens is 387 g/mol. The van der Waals surface area contributed by atoms with E-state index < -0.39 is 5.54 Å². The predicted molar refractivity (Wildman–Crippen MR) is 105 cm³/mol. The number of hydrogen-bond acceptors (Lipinski definition) is 6. The molecule has 1 fully saturated rings. The fourth-order valence-corrected chi connectivity index (χ4v) is 3.60. The molecule has 4 rings (SSSR count). The molecule has 9 heteroatoms. The van der Waals surface area contributed by atoms with Gasteiger partial charge in [0.25, 0.3) is 5.89 Å². The summed E-state index contributed by atoms with van der Waals surface area (Å²) < 4.78 is 7.18. The van der Waals surface area contributed by atoms with Gasteiger partial charge in [-0.05, 0) is 31.4 Å². The summed E-state index contributed by atoms with van der Waals surface area (Å²) >= 11 is 6.34. The van der Waals surface area contributed by atoms with Crippen LogP contribution in [-0.4, -0.2) is 24.9 Å². The summed E-state index contributed by atoms with van der Waals surface area (Å²) in [4.78, 5) is 9.10. The molecule has 1 aromatic carbocycles. The average molecular weight is 409 g/mol. The van der Waals surface area contributed by atoms with Gasteiger partial charge in [-0.3, -0.25) is 0 Å². The first-order valence-electron chi connectivity index (χ1n) is 8.95. The lowest BCUT2D eigenvalue weighted by atomic mass is 9.99. The zero-order chi connectivity index (χ0) is 18.1. The van der Waals surface area contributed by atoms with Gasteiger partial charge in [0.05, 0.1) is 16.2 Å². The topological polar surface area (TPSA) is 95.7 Å². The van der Waals surface area contributed by atoms with Crippen LogP contribution in [0.5, 0.6) is 0 Å². The number of benzene rings is 1. The third-order valence-electron chi connectivity index (χ3n) is 4.79. The number of rotatable bonds is 5. The van der Waals surface area contributed by atoms with Gasteiger partial charge in [-0.1, -0.05) is 48.7 Å². The van der Waals surface area contributed by atoms with E-state index in [2.05, 4.69) is 27.1 Å². The summed E-state index contributed by atoms with van der Waals surface area (Å²) in [6.45, 7) is 2.09. The highest BCUT2D eigenvalue weighted by molar-refractivity contribution is 6.32. The molecule has 2 heterocycles. The molecule has 144 valence electrons. The Labute approximate surface area is 168 Å². The molecule has 0 atom stereocenters. The zero-order valence-electron chi connectivity index (χ0n) is 15.1. The predicted octanol–water partition coefficient (Wildman–Crippen LogP) is 4.07. The van der Waals surface area contributed by atoms with E-state index in [0.717, 1.165) is 50.0 Å². The van der Waals surface area contributed by atoms with E-state index in [1.54, 1.807) is 4.68 Å². The van der Waals surface area contributed by atoms with Crippen molar-refractivity contribution >= 4 is 24.0 Å². The van der Waals surface area contributed by atoms with E-state index in [-0.39, 0.29) is 12.4 Å². The minimum atomic E-state index is -0.501. The summed E-state index contributed by atoms with van der Waals surface area (Å²) in [6, 6.07) is 7.54. The molecule has 1 aliphatic rings. The Hall–Kier alpha value is -1.96. The monoisotopic (exact) mass is 408 g/mol. The lowest BCUT2D eigenvalue weighted by Crippen LogP contribution is -2.34. The van der Waals surface area contributed by atoms with Crippen molar-refractivity contribution in [1.82, 2.24) is 24.9 Å². The van der Waals surface area contributed by atoms with Crippen LogP contribution in [0.3, 0.4) is 0 Å². The van der Waals surface area contributed by atoms with Crippen LogP contribution >= 0.6 is 24.0 Å². The molecule has 0 unspecified atom stereocenters. The van der Waals surface area contributed by atoms with Crippen molar-refractivity contribution in [3.05, 3.63) is 40.9 Å². The third kappa shape index (κ3) is 3.72. The van der Waals surface area contributed by atoms with E-state index in [1.807, 2.05) is 24.3 Å². The fraction of sp³-hybridized carbons (Fsp3) is 0.444. The normalized spacial score (nSPS) is 15.7. The number of nitrogens with two attached hydrogens (primary N) is 1. The lowest BCUT2D eigenvalue weighted by molar-refractivity contribution is 0.372. The van der Waals surface area contributed by atoms with Crippen molar-refractivity contribution in [2.24, 2.45) is 5.73 Å². The summed E-state index contributed by atoms with van der Waals surface area (Å²) in [5.41, 5.74) is 6.70. The van der Waals surface area contributed by atoms with Crippen LogP contribution in [0.25, 0.3) is 17.4 Å². The molecule has 0 radical (unpaired) electrons. The van der Waals surface area contributed by atoms with Gasteiger partial charge in [-0.2, -0.15) is 4.98 Å². The van der Waals surface area contributed by atoms with Crippen LogP contribution in [0.2, 0.25) is 5.02 Å². The number of aryl methyl sites for hydroxylation is 1. The van der Waals surface area contributed by atoms with E-state index in [0.29, 0.717) is 22.6 Å². The van der Waals surface area contributed by atoms with Gasteiger partial charge in [0.1, 0.15) is 5.82 Å². The van der Waals surface area contributed by atoms with Crippen molar-refractivity contribution in [3.63, 3.8) is 0 Å². The molecular formula is C18H22Cl2N6O. The first-order valence-corrected chi connectivity index (χ1v) is 9.33. The second kappa shape index (κ2) is 7.96. The summed E-state index contributed by atoms with van der Waals surface area (Å²) in [5, 5.41) is 9.28. The van der Waals surface area contributed by atoms with Crippen molar-refractivity contribution in [3.8, 4) is 17.4 Å². The second-order valence-electron chi connectivity index (χ2n) is 6.75. The Morgan fingerprint density at radius 2 is 1.96 bits per heavy atom. The Bertz CT molecular complexity index is 916. The minimum Gasteiger partial charge on any atom is -0.330 e. The molecule has 27 heavy (non-hydrogen) atoms. The van der Waals surface area contributed by atoms with Crippen molar-refractivity contribution in [1.29, 1.82) is 0 Å². The molecule has 0 aliphatic heterocycles. The SMILES string of the molecule is CCCc1nc(-c2nc(C3(N)CCCC3)no2)nn1-c1ccccc1Cl.Cl. The van der Waals surface area contributed by atoms with Crippen LogP contribution < -0.4 is 5.73 Å². The lowest BCUT2D eigenvalue weighted by Gasteiger charge is -2.17. The van der Waals surface area contributed by atoms with E-state index in [9.17, 15) is 0 Å². The van der Waals surface area contributed by atoms with E-state index in [1.165, 1.54) is 0 Å². The number of halogens is 2. The molecule has 0 bridgehead atoms. The van der Waals surface area contributed by atoms with Crippen LogP contribution in [-0.2, 0) is 12.0 Å². The first-order chi connectivity index (χ1) is 12.6. The maximum absolute atomic E-state index is 6.42. The largest absolute Gasteiger partial charge is 0.330 e. The van der Waals surface area contributed by atoms with Gasteiger partial charge in [0.15, 0.2) is 5.82 Å². The fourth-order valence-electron chi connectivity index (χ4n) is 3.38. The Morgan fingerprint density at radius 1 is 1.22 bits per heavy atom. The number of hydrogen-bond donors (Lipinski definition) is 1. The van der Waals surface area contributed by atoms with Crippen molar-refractivity contribution in [2.75, 3.05) is 0 Å². The van der Waals surface area contributed by atoms with Crippen LogP contribution in [0.4, 0.5) is 0 Å². The molecule has 1 saturated carbocycles. The summed E-state index contributed by atoms with van der Waals surface area (Å²) in [5.74, 6) is 2.03.